The predicted molar refractivity (Wildman–Crippen MR) is 93.4 cm³/mol. The minimum Gasteiger partial charge on any atom is -0.345 e. The molecule has 8 heteroatoms. The molecule has 0 atom stereocenters. The van der Waals surface area contributed by atoms with Gasteiger partial charge < -0.3 is 11.1 Å². The number of benzene rings is 1. The summed E-state index contributed by atoms with van der Waals surface area (Å²) in [6, 6.07) is 6.35. The monoisotopic (exact) mass is 355 g/mol. The molecule has 6 nitrogen and oxygen atoms in total. The molecule has 3 rings (SSSR count). The van der Waals surface area contributed by atoms with Crippen LogP contribution in [-0.2, 0) is 0 Å². The second-order valence-corrected chi connectivity index (χ2v) is 6.82. The normalized spacial score (nSPS) is 16.0. The molecule has 1 aromatic carbocycles. The second kappa shape index (κ2) is 6.82. The van der Waals surface area contributed by atoms with Crippen LogP contribution in [-0.4, -0.2) is 22.9 Å². The lowest BCUT2D eigenvalue weighted by Crippen LogP contribution is -2.51. The van der Waals surface area contributed by atoms with Crippen molar-refractivity contribution >= 4 is 45.4 Å². The van der Waals surface area contributed by atoms with Crippen molar-refractivity contribution in [2.75, 3.05) is 6.54 Å². The van der Waals surface area contributed by atoms with Gasteiger partial charge in [0.15, 0.2) is 0 Å². The third-order valence-electron chi connectivity index (χ3n) is 4.26. The highest BCUT2D eigenvalue weighted by atomic mass is 35.5. The molecule has 2 aromatic rings. The maximum Gasteiger partial charge on any atom is 0.270 e. The maximum atomic E-state index is 12.5. The fraction of sp³-hybridized carbons (Fsp3) is 0.400. The Hall–Kier alpha value is -1.70. The summed E-state index contributed by atoms with van der Waals surface area (Å²) in [7, 11) is 0. The van der Waals surface area contributed by atoms with E-state index in [2.05, 4.69) is 5.32 Å². The summed E-state index contributed by atoms with van der Waals surface area (Å²) in [5.41, 5.74) is 5.58. The first-order valence-electron chi connectivity index (χ1n) is 7.24. The van der Waals surface area contributed by atoms with Gasteiger partial charge in [0.2, 0.25) is 0 Å². The molecular weight excluding hydrogens is 338 g/mol. The molecule has 0 spiro atoms. The molecule has 23 heavy (non-hydrogen) atoms. The highest BCUT2D eigenvalue weighted by Gasteiger charge is 2.34. The molecule has 1 aromatic heterocycles. The molecular formula is C15H18ClN3O3S. The second-order valence-electron chi connectivity index (χ2n) is 5.74. The van der Waals surface area contributed by atoms with Crippen LogP contribution in [0.5, 0.6) is 0 Å². The van der Waals surface area contributed by atoms with Gasteiger partial charge in [-0.2, -0.15) is 0 Å². The van der Waals surface area contributed by atoms with Crippen molar-refractivity contribution in [3.63, 3.8) is 0 Å². The van der Waals surface area contributed by atoms with E-state index in [4.69, 9.17) is 5.73 Å². The summed E-state index contributed by atoms with van der Waals surface area (Å²) < 4.78 is 0.865. The van der Waals surface area contributed by atoms with E-state index in [9.17, 15) is 14.9 Å². The third-order valence-corrected chi connectivity index (χ3v) is 5.38. The van der Waals surface area contributed by atoms with Crippen molar-refractivity contribution in [1.82, 2.24) is 5.32 Å². The molecule has 0 radical (unpaired) electrons. The molecule has 0 unspecified atom stereocenters. The summed E-state index contributed by atoms with van der Waals surface area (Å²) in [4.78, 5) is 23.4. The number of nitro groups is 1. The van der Waals surface area contributed by atoms with Gasteiger partial charge in [-0.15, -0.1) is 23.7 Å². The van der Waals surface area contributed by atoms with Gasteiger partial charge in [-0.3, -0.25) is 14.9 Å². The Morgan fingerprint density at radius 3 is 2.65 bits per heavy atom. The van der Waals surface area contributed by atoms with Crippen molar-refractivity contribution in [2.45, 2.75) is 31.2 Å². The highest BCUT2D eigenvalue weighted by molar-refractivity contribution is 7.20. The van der Waals surface area contributed by atoms with Crippen molar-refractivity contribution in [3.05, 3.63) is 39.3 Å². The van der Waals surface area contributed by atoms with E-state index in [1.165, 1.54) is 23.5 Å². The summed E-state index contributed by atoms with van der Waals surface area (Å²) in [5, 5.41) is 14.6. The van der Waals surface area contributed by atoms with Gasteiger partial charge in [0.05, 0.1) is 15.3 Å². The summed E-state index contributed by atoms with van der Waals surface area (Å²) in [5.74, 6) is -0.142. The summed E-state index contributed by atoms with van der Waals surface area (Å²) >= 11 is 1.34. The van der Waals surface area contributed by atoms with Gasteiger partial charge >= 0.3 is 0 Å². The van der Waals surface area contributed by atoms with E-state index in [0.717, 1.165) is 35.8 Å². The zero-order valence-corrected chi connectivity index (χ0v) is 14.0. The van der Waals surface area contributed by atoms with Crippen LogP contribution in [0, 0.1) is 10.1 Å². The van der Waals surface area contributed by atoms with Crippen LogP contribution in [0.3, 0.4) is 0 Å². The SMILES string of the molecule is Cl.NCC1(NC(=O)c2cc3cc([N+](=O)[O-])ccc3s2)CCCC1. The number of nitrogens with one attached hydrogen (secondary N) is 1. The van der Waals surface area contributed by atoms with E-state index in [0.29, 0.717) is 11.4 Å². The van der Waals surface area contributed by atoms with E-state index >= 15 is 0 Å². The largest absolute Gasteiger partial charge is 0.345 e. The zero-order chi connectivity index (χ0) is 15.7. The predicted octanol–water partition coefficient (Wildman–Crippen LogP) is 3.23. The Labute approximate surface area is 143 Å². The number of amides is 1. The number of fused-ring (bicyclic) bond motifs is 1. The number of hydrogen-bond acceptors (Lipinski definition) is 5. The molecule has 3 N–H and O–H groups in total. The van der Waals surface area contributed by atoms with Gasteiger partial charge in [-0.05, 0) is 25.0 Å². The Morgan fingerprint density at radius 1 is 1.35 bits per heavy atom. The standard InChI is InChI=1S/C15H17N3O3S.ClH/c16-9-15(5-1-2-6-15)17-14(19)13-8-10-7-11(18(20)21)3-4-12(10)22-13;/h3-4,7-8H,1-2,5-6,9,16H2,(H,17,19);1H. The Bertz CT molecular complexity index is 741. The lowest BCUT2D eigenvalue weighted by molar-refractivity contribution is -0.384. The fourth-order valence-corrected chi connectivity index (χ4v) is 3.93. The van der Waals surface area contributed by atoms with E-state index < -0.39 is 4.92 Å². The van der Waals surface area contributed by atoms with Crippen LogP contribution in [0.2, 0.25) is 0 Å². The minimum atomic E-state index is -0.432. The molecule has 0 saturated heterocycles. The molecule has 124 valence electrons. The molecule has 0 bridgehead atoms. The first kappa shape index (κ1) is 17.7. The van der Waals surface area contributed by atoms with Crippen LogP contribution >= 0.6 is 23.7 Å². The van der Waals surface area contributed by atoms with Gasteiger partial charge in [0.25, 0.3) is 11.6 Å². The number of nitro benzene ring substituents is 1. The number of hydrogen-bond donors (Lipinski definition) is 2. The zero-order valence-electron chi connectivity index (χ0n) is 12.4. The number of nitrogens with two attached hydrogens (primary N) is 1. The number of nitrogens with zero attached hydrogens (tertiary/aromatic N) is 1. The molecule has 0 aliphatic heterocycles. The molecule has 1 heterocycles. The van der Waals surface area contributed by atoms with E-state index in [1.807, 2.05) is 0 Å². The number of carbonyl (C=O) groups excluding carboxylic acids is 1. The first-order valence-corrected chi connectivity index (χ1v) is 8.05. The van der Waals surface area contributed by atoms with E-state index in [1.54, 1.807) is 12.1 Å². The van der Waals surface area contributed by atoms with Gasteiger partial charge in [0.1, 0.15) is 0 Å². The van der Waals surface area contributed by atoms with Crippen molar-refractivity contribution < 1.29 is 9.72 Å². The van der Waals surface area contributed by atoms with Gasteiger partial charge in [0, 0.05) is 28.8 Å². The first-order chi connectivity index (χ1) is 10.5. The Morgan fingerprint density at radius 2 is 2.04 bits per heavy atom. The van der Waals surface area contributed by atoms with E-state index in [-0.39, 0.29) is 29.5 Å². The average molecular weight is 356 g/mol. The van der Waals surface area contributed by atoms with Crippen molar-refractivity contribution in [3.8, 4) is 0 Å². The summed E-state index contributed by atoms with van der Waals surface area (Å²) in [6.07, 6.45) is 3.98. The van der Waals surface area contributed by atoms with Gasteiger partial charge in [-0.25, -0.2) is 0 Å². The van der Waals surface area contributed by atoms with Crippen LogP contribution in [0.4, 0.5) is 5.69 Å². The third kappa shape index (κ3) is 3.46. The number of thiophene rings is 1. The topological polar surface area (TPSA) is 98.3 Å². The molecule has 1 saturated carbocycles. The number of carbonyl (C=O) groups is 1. The lowest BCUT2D eigenvalue weighted by Gasteiger charge is -2.28. The van der Waals surface area contributed by atoms with Crippen LogP contribution in [0.15, 0.2) is 24.3 Å². The minimum absolute atomic E-state index is 0. The number of rotatable bonds is 4. The average Bonchev–Trinajstić information content (AvgIpc) is 3.13. The van der Waals surface area contributed by atoms with Crippen LogP contribution in [0.25, 0.3) is 10.1 Å². The van der Waals surface area contributed by atoms with Crippen molar-refractivity contribution in [2.24, 2.45) is 5.73 Å². The smallest absolute Gasteiger partial charge is 0.270 e. The maximum absolute atomic E-state index is 12.5. The van der Waals surface area contributed by atoms with Crippen LogP contribution < -0.4 is 11.1 Å². The Balaban J connectivity index is 0.00000192. The molecule has 1 amide bonds. The van der Waals surface area contributed by atoms with Crippen LogP contribution in [0.1, 0.15) is 35.4 Å². The van der Waals surface area contributed by atoms with Gasteiger partial charge in [-0.1, -0.05) is 12.8 Å². The quantitative estimate of drug-likeness (QED) is 0.649. The van der Waals surface area contributed by atoms with Crippen molar-refractivity contribution in [1.29, 1.82) is 0 Å². The number of non-ortho nitro benzene ring substituents is 1. The molecule has 1 aliphatic carbocycles. The Kier molecular flexibility index (Phi) is 5.23. The lowest BCUT2D eigenvalue weighted by atomic mass is 9.98. The fourth-order valence-electron chi connectivity index (χ4n) is 2.99. The number of halogens is 1. The summed E-state index contributed by atoms with van der Waals surface area (Å²) in [6.45, 7) is 0.440. The molecule has 1 aliphatic rings. The highest BCUT2D eigenvalue weighted by Crippen LogP contribution is 2.32. The molecule has 1 fully saturated rings.